The molecule has 0 radical (unpaired) electrons. The number of hydrogen-bond donors (Lipinski definition) is 4. The van der Waals surface area contributed by atoms with Crippen molar-refractivity contribution in [3.8, 4) is 0 Å². The first kappa shape index (κ1) is 28.1. The maximum atomic E-state index is 10.5. The quantitative estimate of drug-likeness (QED) is 0.225. The maximum absolute atomic E-state index is 10.5. The lowest BCUT2D eigenvalue weighted by Crippen LogP contribution is -2.56. The normalized spacial score (nSPS) is 13.5. The molecule has 0 saturated heterocycles. The van der Waals surface area contributed by atoms with E-state index in [2.05, 4.69) is 14.7 Å². The van der Waals surface area contributed by atoms with Gasteiger partial charge < -0.3 is 38.8 Å². The Morgan fingerprint density at radius 2 is 1.11 bits per heavy atom. The van der Waals surface area contributed by atoms with E-state index in [-0.39, 0.29) is 0 Å². The summed E-state index contributed by atoms with van der Waals surface area (Å²) in [5.41, 5.74) is 0. The Morgan fingerprint density at radius 1 is 0.607 bits per heavy atom. The second-order valence-corrected chi connectivity index (χ2v) is 13.8. The van der Waals surface area contributed by atoms with Gasteiger partial charge in [0.1, 0.15) is 0 Å². The Labute approximate surface area is 174 Å². The van der Waals surface area contributed by atoms with E-state index in [4.69, 9.17) is 0 Å². The highest BCUT2D eigenvalue weighted by Crippen LogP contribution is 2.10. The van der Waals surface area contributed by atoms with Crippen molar-refractivity contribution >= 4 is 17.1 Å². The number of rotatable bonds is 17. The third kappa shape index (κ3) is 14.2. The number of nitrogens with zero attached hydrogens (tertiary/aromatic N) is 4. The Kier molecular flexibility index (Phi) is 14.2. The lowest BCUT2D eigenvalue weighted by molar-refractivity contribution is 0.224. The Morgan fingerprint density at radius 3 is 1.61 bits per heavy atom. The van der Waals surface area contributed by atoms with Gasteiger partial charge in [0.05, 0.1) is 0 Å². The molecule has 0 spiro atoms. The third-order valence-corrected chi connectivity index (χ3v) is 9.12. The van der Waals surface area contributed by atoms with Crippen LogP contribution in [0.1, 0.15) is 27.2 Å². The van der Waals surface area contributed by atoms with Crippen molar-refractivity contribution in [1.29, 1.82) is 0 Å². The van der Waals surface area contributed by atoms with Gasteiger partial charge in [0.2, 0.25) is 0 Å². The first-order valence-electron chi connectivity index (χ1n) is 10.6. The van der Waals surface area contributed by atoms with Gasteiger partial charge in [-0.2, -0.15) is 0 Å². The van der Waals surface area contributed by atoms with E-state index in [0.29, 0.717) is 37.5 Å². The van der Waals surface area contributed by atoms with E-state index < -0.39 is 17.1 Å². The predicted octanol–water partition coefficient (Wildman–Crippen LogP) is -0.534. The van der Waals surface area contributed by atoms with E-state index in [9.17, 15) is 19.2 Å². The summed E-state index contributed by atoms with van der Waals surface area (Å²) in [5, 5.41) is 0. The zero-order chi connectivity index (χ0) is 21.8. The molecule has 0 aliphatic rings. The zero-order valence-corrected chi connectivity index (χ0v) is 21.1. The van der Waals surface area contributed by atoms with Crippen LogP contribution in [0.2, 0.25) is 12.1 Å². The Bertz CT molecular complexity index is 400. The van der Waals surface area contributed by atoms with Crippen LogP contribution in [0.5, 0.6) is 0 Å². The summed E-state index contributed by atoms with van der Waals surface area (Å²) in [7, 11) is -0.483. The van der Waals surface area contributed by atoms with Crippen molar-refractivity contribution in [2.45, 2.75) is 39.3 Å². The summed E-state index contributed by atoms with van der Waals surface area (Å²) in [6.07, 6.45) is 1.68. The van der Waals surface area contributed by atoms with Crippen LogP contribution in [-0.4, -0.2) is 135 Å². The summed E-state index contributed by atoms with van der Waals surface area (Å²) < 4.78 is 0. The van der Waals surface area contributed by atoms with Gasteiger partial charge >= 0.3 is 17.1 Å². The van der Waals surface area contributed by atoms with E-state index in [1.165, 1.54) is 0 Å². The molecule has 0 aromatic carbocycles. The minimum Gasteiger partial charge on any atom is -0.411 e. The molecular weight excluding hydrogens is 392 g/mol. The standard InChI is InChI=1S/C18H46N4O4Si2/c1-7-21(8-2)17-28(25,26)18-22(9-3)12-10-11-20(6)14-16-27(23,24)15-13-19(4)5/h23-26H,7-18H2,1-6H3. The lowest BCUT2D eigenvalue weighted by Gasteiger charge is -2.31. The van der Waals surface area contributed by atoms with Crippen LogP contribution >= 0.6 is 0 Å². The van der Waals surface area contributed by atoms with Crippen LogP contribution in [0.25, 0.3) is 0 Å². The lowest BCUT2D eigenvalue weighted by atomic mass is 10.3. The molecule has 0 aromatic rings. The molecule has 0 saturated carbocycles. The second kappa shape index (κ2) is 14.2. The molecule has 0 aliphatic heterocycles. The fourth-order valence-corrected chi connectivity index (χ4v) is 7.29. The van der Waals surface area contributed by atoms with Crippen molar-refractivity contribution < 1.29 is 19.2 Å². The van der Waals surface area contributed by atoms with Gasteiger partial charge in [-0.05, 0) is 73.4 Å². The molecule has 0 heterocycles. The van der Waals surface area contributed by atoms with E-state index in [1.54, 1.807) is 0 Å². The van der Waals surface area contributed by atoms with Crippen LogP contribution in [0.4, 0.5) is 0 Å². The number of hydrogen-bond acceptors (Lipinski definition) is 8. The molecular formula is C18H46N4O4Si2. The monoisotopic (exact) mass is 438 g/mol. The molecule has 0 bridgehead atoms. The van der Waals surface area contributed by atoms with Gasteiger partial charge in [0.15, 0.2) is 0 Å². The second-order valence-electron chi connectivity index (χ2n) is 8.26. The van der Waals surface area contributed by atoms with Crippen LogP contribution < -0.4 is 0 Å². The summed E-state index contributed by atoms with van der Waals surface area (Å²) in [6.45, 7) is 11.6. The van der Waals surface area contributed by atoms with E-state index in [0.717, 1.165) is 39.1 Å². The summed E-state index contributed by atoms with van der Waals surface area (Å²) in [4.78, 5) is 49.6. The highest BCUT2D eigenvalue weighted by atomic mass is 28.4. The average molecular weight is 439 g/mol. The smallest absolute Gasteiger partial charge is 0.361 e. The molecule has 0 aromatic heterocycles. The summed E-state index contributed by atoms with van der Waals surface area (Å²) >= 11 is 0. The molecule has 4 N–H and O–H groups in total. The van der Waals surface area contributed by atoms with Gasteiger partial charge in [-0.3, -0.25) is 0 Å². The topological polar surface area (TPSA) is 93.9 Å². The van der Waals surface area contributed by atoms with Crippen LogP contribution in [-0.2, 0) is 0 Å². The van der Waals surface area contributed by atoms with Crippen molar-refractivity contribution in [2.24, 2.45) is 0 Å². The fourth-order valence-electron chi connectivity index (χ4n) is 3.14. The van der Waals surface area contributed by atoms with Crippen molar-refractivity contribution in [1.82, 2.24) is 19.6 Å². The van der Waals surface area contributed by atoms with Crippen molar-refractivity contribution in [2.75, 3.05) is 79.3 Å². The Balaban J connectivity index is 4.22. The highest BCUT2D eigenvalue weighted by Gasteiger charge is 2.33. The van der Waals surface area contributed by atoms with E-state index >= 15 is 0 Å². The largest absolute Gasteiger partial charge is 0.411 e. The SMILES string of the molecule is CCN(CC)C[Si](O)(O)CN(CC)CCCN(C)CC[Si](O)(O)CCN(C)C. The van der Waals surface area contributed by atoms with Crippen molar-refractivity contribution in [3.63, 3.8) is 0 Å². The average Bonchev–Trinajstić information content (AvgIpc) is 2.62. The zero-order valence-electron chi connectivity index (χ0n) is 19.1. The first-order valence-corrected chi connectivity index (χ1v) is 15.2. The molecule has 8 nitrogen and oxygen atoms in total. The molecule has 0 aliphatic carbocycles. The molecule has 0 unspecified atom stereocenters. The Hall–Kier alpha value is 0.114. The van der Waals surface area contributed by atoms with Gasteiger partial charge in [-0.1, -0.05) is 20.8 Å². The summed E-state index contributed by atoms with van der Waals surface area (Å²) in [5.74, 6) is 0. The van der Waals surface area contributed by atoms with Crippen LogP contribution in [0.15, 0.2) is 0 Å². The molecule has 0 rings (SSSR count). The minimum absolute atomic E-state index is 0.373. The molecule has 0 atom stereocenters. The van der Waals surface area contributed by atoms with Gasteiger partial charge in [-0.25, -0.2) is 0 Å². The van der Waals surface area contributed by atoms with E-state index in [1.807, 2.05) is 46.8 Å². The summed E-state index contributed by atoms with van der Waals surface area (Å²) in [6, 6.07) is 0.936. The van der Waals surface area contributed by atoms with Crippen LogP contribution in [0.3, 0.4) is 0 Å². The fraction of sp³-hybridized carbons (Fsp3) is 1.00. The van der Waals surface area contributed by atoms with Crippen LogP contribution in [0, 0.1) is 0 Å². The molecule has 0 fully saturated rings. The van der Waals surface area contributed by atoms with Gasteiger partial charge in [-0.15, -0.1) is 0 Å². The van der Waals surface area contributed by atoms with Crippen molar-refractivity contribution in [3.05, 3.63) is 0 Å². The molecule has 170 valence electrons. The molecule has 10 heteroatoms. The first-order chi connectivity index (χ1) is 12.9. The highest BCUT2D eigenvalue weighted by molar-refractivity contribution is 6.65. The minimum atomic E-state index is -3.25. The predicted molar refractivity (Wildman–Crippen MR) is 121 cm³/mol. The molecule has 0 amide bonds. The maximum Gasteiger partial charge on any atom is 0.361 e. The van der Waals surface area contributed by atoms with Gasteiger partial charge in [0.25, 0.3) is 0 Å². The van der Waals surface area contributed by atoms with Gasteiger partial charge in [0, 0.05) is 24.4 Å². The molecule has 28 heavy (non-hydrogen) atoms. The third-order valence-electron chi connectivity index (χ3n) is 5.16.